The molecule has 0 bridgehead atoms. The van der Waals surface area contributed by atoms with Crippen LogP contribution in [0.25, 0.3) is 0 Å². The summed E-state index contributed by atoms with van der Waals surface area (Å²) in [5.41, 5.74) is 2.99. The monoisotopic (exact) mass is 469 g/mol. The van der Waals surface area contributed by atoms with Crippen molar-refractivity contribution in [2.45, 2.75) is 26.3 Å². The lowest BCUT2D eigenvalue weighted by Gasteiger charge is -2.14. The summed E-state index contributed by atoms with van der Waals surface area (Å²) in [7, 11) is 1.57. The normalized spacial score (nSPS) is 10.7. The molecule has 8 heteroatoms. The molecule has 2 aromatic heterocycles. The van der Waals surface area contributed by atoms with Gasteiger partial charge in [-0.3, -0.25) is 14.6 Å². The first-order chi connectivity index (χ1) is 16.9. The molecule has 0 fully saturated rings. The van der Waals surface area contributed by atoms with Gasteiger partial charge in [0.05, 0.1) is 6.20 Å². The van der Waals surface area contributed by atoms with Crippen LogP contribution in [-0.4, -0.2) is 20.7 Å². The van der Waals surface area contributed by atoms with Crippen molar-refractivity contribution in [1.82, 2.24) is 20.1 Å². The quantitative estimate of drug-likeness (QED) is 0.386. The molecule has 35 heavy (non-hydrogen) atoms. The maximum absolute atomic E-state index is 12.9. The number of hydrogen-bond donors (Lipinski definition) is 2. The fourth-order valence-electron chi connectivity index (χ4n) is 3.43. The number of benzene rings is 2. The van der Waals surface area contributed by atoms with Crippen LogP contribution in [0.1, 0.15) is 41.3 Å². The van der Waals surface area contributed by atoms with Gasteiger partial charge in [0.2, 0.25) is 0 Å². The zero-order valence-corrected chi connectivity index (χ0v) is 19.9. The van der Waals surface area contributed by atoms with Crippen LogP contribution in [0.2, 0.25) is 0 Å². The molecule has 0 aliphatic carbocycles. The second-order valence-corrected chi connectivity index (χ2v) is 8.39. The van der Waals surface area contributed by atoms with Crippen LogP contribution in [0.3, 0.4) is 0 Å². The Bertz CT molecular complexity index is 1370. The smallest absolute Gasteiger partial charge is 0.294 e. The summed E-state index contributed by atoms with van der Waals surface area (Å²) >= 11 is 0. The molecule has 4 rings (SSSR count). The zero-order chi connectivity index (χ0) is 24.8. The third-order valence-electron chi connectivity index (χ3n) is 5.45. The Morgan fingerprint density at radius 1 is 1.06 bits per heavy atom. The minimum atomic E-state index is -0.354. The van der Waals surface area contributed by atoms with E-state index in [1.165, 1.54) is 16.4 Å². The maximum atomic E-state index is 12.9. The van der Waals surface area contributed by atoms with Gasteiger partial charge in [0, 0.05) is 37.2 Å². The first-order valence-corrected chi connectivity index (χ1v) is 11.3. The number of ether oxygens (including phenoxy) is 1. The predicted molar refractivity (Wildman–Crippen MR) is 135 cm³/mol. The van der Waals surface area contributed by atoms with Gasteiger partial charge in [-0.2, -0.15) is 5.10 Å². The summed E-state index contributed by atoms with van der Waals surface area (Å²) in [5, 5.41) is 10.1. The van der Waals surface area contributed by atoms with E-state index >= 15 is 0 Å². The van der Waals surface area contributed by atoms with Crippen LogP contribution in [0, 0.1) is 0 Å². The summed E-state index contributed by atoms with van der Waals surface area (Å²) in [6.07, 6.45) is 4.88. The largest absolute Gasteiger partial charge is 0.453 e. The van der Waals surface area contributed by atoms with Gasteiger partial charge in [-0.25, -0.2) is 4.68 Å². The molecule has 1 amide bonds. The molecule has 0 aliphatic heterocycles. The molecule has 0 spiro atoms. The van der Waals surface area contributed by atoms with Crippen LogP contribution in [0.4, 0.5) is 11.4 Å². The van der Waals surface area contributed by atoms with E-state index in [1.54, 1.807) is 43.7 Å². The van der Waals surface area contributed by atoms with Crippen LogP contribution in [0.5, 0.6) is 11.5 Å². The van der Waals surface area contributed by atoms with Crippen molar-refractivity contribution >= 4 is 17.3 Å². The topological polar surface area (TPSA) is 98.1 Å². The number of hydrogen-bond acceptors (Lipinski definition) is 6. The van der Waals surface area contributed by atoms with Gasteiger partial charge in [0.1, 0.15) is 5.75 Å². The molecule has 2 heterocycles. The van der Waals surface area contributed by atoms with Crippen LogP contribution >= 0.6 is 0 Å². The van der Waals surface area contributed by atoms with Crippen molar-refractivity contribution in [1.29, 1.82) is 0 Å². The summed E-state index contributed by atoms with van der Waals surface area (Å²) in [6.45, 7) is 4.61. The molecule has 0 radical (unpaired) electrons. The van der Waals surface area contributed by atoms with Gasteiger partial charge in [-0.1, -0.05) is 38.1 Å². The molecule has 178 valence electrons. The number of amides is 1. The molecule has 0 saturated heterocycles. The van der Waals surface area contributed by atoms with Crippen LogP contribution < -0.4 is 20.9 Å². The molecule has 0 saturated carbocycles. The molecule has 2 N–H and O–H groups in total. The lowest BCUT2D eigenvalue weighted by Crippen LogP contribution is -2.23. The average Bonchev–Trinajstić information content (AvgIpc) is 2.88. The maximum Gasteiger partial charge on any atom is 0.294 e. The van der Waals surface area contributed by atoms with Crippen molar-refractivity contribution in [3.63, 3.8) is 0 Å². The Morgan fingerprint density at radius 3 is 2.57 bits per heavy atom. The number of nitrogens with zero attached hydrogens (tertiary/aromatic N) is 3. The number of aromatic nitrogens is 3. The van der Waals surface area contributed by atoms with E-state index in [-0.39, 0.29) is 22.9 Å². The summed E-state index contributed by atoms with van der Waals surface area (Å²) in [5.74, 6) is 1.05. The fraction of sp³-hybridized carbons (Fsp3) is 0.185. The van der Waals surface area contributed by atoms with Gasteiger partial charge in [-0.15, -0.1) is 0 Å². The zero-order valence-electron chi connectivity index (χ0n) is 19.9. The standard InChI is InChI=1S/C27H27N5O3/c1-18(2)20-9-11-23(12-10-20)35-24-17-30-32(3)27(34)25(24)31-22-8-4-7-21(14-22)26(33)29-16-19-6-5-13-28-15-19/h4-15,17-18,31H,16H2,1-3H3,(H,29,33). The van der Waals surface area contributed by atoms with Crippen LogP contribution in [0.15, 0.2) is 84.0 Å². The van der Waals surface area contributed by atoms with Gasteiger partial charge >= 0.3 is 0 Å². The molecule has 4 aromatic rings. The molecular weight excluding hydrogens is 442 g/mol. The number of pyridine rings is 1. The first-order valence-electron chi connectivity index (χ1n) is 11.3. The Kier molecular flexibility index (Phi) is 7.21. The van der Waals surface area contributed by atoms with Crippen molar-refractivity contribution in [2.24, 2.45) is 7.05 Å². The van der Waals surface area contributed by atoms with Gasteiger partial charge in [0.25, 0.3) is 11.5 Å². The van der Waals surface area contributed by atoms with E-state index in [2.05, 4.69) is 34.6 Å². The van der Waals surface area contributed by atoms with Gasteiger partial charge in [0.15, 0.2) is 11.4 Å². The predicted octanol–water partition coefficient (Wildman–Crippen LogP) is 4.76. The van der Waals surface area contributed by atoms with Crippen molar-refractivity contribution in [2.75, 3.05) is 5.32 Å². The highest BCUT2D eigenvalue weighted by atomic mass is 16.5. The number of carbonyl (C=O) groups is 1. The number of carbonyl (C=O) groups excluding carboxylic acids is 1. The van der Waals surface area contributed by atoms with Crippen molar-refractivity contribution in [3.8, 4) is 11.5 Å². The van der Waals surface area contributed by atoms with Crippen molar-refractivity contribution < 1.29 is 9.53 Å². The van der Waals surface area contributed by atoms with E-state index in [4.69, 9.17) is 4.74 Å². The summed E-state index contributed by atoms with van der Waals surface area (Å²) in [4.78, 5) is 29.6. The molecule has 2 aromatic carbocycles. The average molecular weight is 470 g/mol. The Labute approximate surface area is 203 Å². The Morgan fingerprint density at radius 2 is 1.86 bits per heavy atom. The van der Waals surface area contributed by atoms with E-state index in [0.29, 0.717) is 29.5 Å². The number of anilines is 2. The van der Waals surface area contributed by atoms with Gasteiger partial charge < -0.3 is 15.4 Å². The second kappa shape index (κ2) is 10.6. The second-order valence-electron chi connectivity index (χ2n) is 8.39. The third-order valence-corrected chi connectivity index (χ3v) is 5.45. The number of nitrogens with one attached hydrogen (secondary N) is 2. The highest BCUT2D eigenvalue weighted by Gasteiger charge is 2.14. The Hall–Kier alpha value is -4.46. The molecule has 0 atom stereocenters. The van der Waals surface area contributed by atoms with Crippen LogP contribution in [-0.2, 0) is 13.6 Å². The van der Waals surface area contributed by atoms with E-state index in [0.717, 1.165) is 5.56 Å². The summed E-state index contributed by atoms with van der Waals surface area (Å²) in [6, 6.07) is 18.3. The third kappa shape index (κ3) is 5.92. The highest BCUT2D eigenvalue weighted by molar-refractivity contribution is 5.95. The molecule has 8 nitrogen and oxygen atoms in total. The highest BCUT2D eigenvalue weighted by Crippen LogP contribution is 2.29. The molecular formula is C27H27N5O3. The van der Waals surface area contributed by atoms with Crippen molar-refractivity contribution in [3.05, 3.63) is 106 Å². The summed E-state index contributed by atoms with van der Waals surface area (Å²) < 4.78 is 7.22. The lowest BCUT2D eigenvalue weighted by molar-refractivity contribution is 0.0951. The molecule has 0 unspecified atom stereocenters. The van der Waals surface area contributed by atoms with E-state index < -0.39 is 0 Å². The van der Waals surface area contributed by atoms with E-state index in [9.17, 15) is 9.59 Å². The Balaban J connectivity index is 1.54. The number of aryl methyl sites for hydroxylation is 1. The van der Waals surface area contributed by atoms with E-state index in [1.807, 2.05) is 36.4 Å². The SMILES string of the molecule is CC(C)c1ccc(Oc2cnn(C)c(=O)c2Nc2cccc(C(=O)NCc3cccnc3)c2)cc1. The number of rotatable bonds is 8. The minimum Gasteiger partial charge on any atom is -0.453 e. The minimum absolute atomic E-state index is 0.225. The lowest BCUT2D eigenvalue weighted by atomic mass is 10.0. The molecule has 0 aliphatic rings. The fourth-order valence-corrected chi connectivity index (χ4v) is 3.43. The first kappa shape index (κ1) is 23.7. The van der Waals surface area contributed by atoms with Gasteiger partial charge in [-0.05, 0) is 53.4 Å².